The van der Waals surface area contributed by atoms with Gasteiger partial charge < -0.3 is 4.74 Å². The summed E-state index contributed by atoms with van der Waals surface area (Å²) < 4.78 is 6.04. The van der Waals surface area contributed by atoms with Crippen molar-refractivity contribution in [3.8, 4) is 17.6 Å². The fraction of sp³-hybridized carbons (Fsp3) is 0.111. The first-order valence-electron chi connectivity index (χ1n) is 6.72. The van der Waals surface area contributed by atoms with Crippen LogP contribution in [-0.4, -0.2) is 4.98 Å². The lowest BCUT2D eigenvalue weighted by molar-refractivity contribution is 0.482. The summed E-state index contributed by atoms with van der Waals surface area (Å²) in [7, 11) is 0. The quantitative estimate of drug-likeness (QED) is 0.690. The maximum atomic E-state index is 9.30. The molecule has 3 nitrogen and oxygen atoms in total. The summed E-state index contributed by atoms with van der Waals surface area (Å²) in [6.45, 7) is 4.04. The van der Waals surface area contributed by atoms with E-state index in [-0.39, 0.29) is 0 Å². The van der Waals surface area contributed by atoms with Crippen LogP contribution in [0.25, 0.3) is 10.9 Å². The van der Waals surface area contributed by atoms with Crippen LogP contribution in [0, 0.1) is 25.2 Å². The number of hydrogen-bond donors (Lipinski definition) is 0. The smallest absolute Gasteiger partial charge is 0.156 e. The predicted octanol–water partition coefficient (Wildman–Crippen LogP) is 4.52. The van der Waals surface area contributed by atoms with E-state index in [0.717, 1.165) is 22.2 Å². The van der Waals surface area contributed by atoms with Crippen molar-refractivity contribution in [2.75, 3.05) is 0 Å². The van der Waals surface area contributed by atoms with Crippen LogP contribution in [0.1, 0.15) is 16.7 Å². The van der Waals surface area contributed by atoms with Gasteiger partial charge in [-0.25, -0.2) is 0 Å². The summed E-state index contributed by atoms with van der Waals surface area (Å²) in [6, 6.07) is 15.8. The molecule has 0 amide bonds. The summed E-state index contributed by atoms with van der Waals surface area (Å²) in [5.41, 5.74) is 3.48. The number of rotatable bonds is 2. The highest BCUT2D eigenvalue weighted by atomic mass is 16.5. The van der Waals surface area contributed by atoms with Gasteiger partial charge in [-0.3, -0.25) is 4.98 Å². The van der Waals surface area contributed by atoms with Crippen LogP contribution in [0.5, 0.6) is 11.5 Å². The Bertz CT molecular complexity index is 863. The summed E-state index contributed by atoms with van der Waals surface area (Å²) in [6.07, 6.45) is 1.56. The zero-order valence-electron chi connectivity index (χ0n) is 11.9. The van der Waals surface area contributed by atoms with Crippen molar-refractivity contribution in [2.45, 2.75) is 13.8 Å². The van der Waals surface area contributed by atoms with Gasteiger partial charge in [-0.1, -0.05) is 29.8 Å². The van der Waals surface area contributed by atoms with E-state index in [9.17, 15) is 5.26 Å². The summed E-state index contributed by atoms with van der Waals surface area (Å²) in [5.74, 6) is 1.32. The molecule has 0 atom stereocenters. The summed E-state index contributed by atoms with van der Waals surface area (Å²) >= 11 is 0. The van der Waals surface area contributed by atoms with Crippen LogP contribution in [0.2, 0.25) is 0 Å². The minimum atomic E-state index is 0.439. The van der Waals surface area contributed by atoms with Crippen molar-refractivity contribution in [3.63, 3.8) is 0 Å². The minimum absolute atomic E-state index is 0.439. The molecule has 0 radical (unpaired) electrons. The third-order valence-electron chi connectivity index (χ3n) is 3.39. The van der Waals surface area contributed by atoms with Crippen LogP contribution in [0.4, 0.5) is 0 Å². The zero-order chi connectivity index (χ0) is 14.8. The van der Waals surface area contributed by atoms with E-state index in [2.05, 4.69) is 17.1 Å². The third-order valence-corrected chi connectivity index (χ3v) is 3.39. The Labute approximate surface area is 123 Å². The Hall–Kier alpha value is -2.86. The molecule has 0 saturated heterocycles. The van der Waals surface area contributed by atoms with Gasteiger partial charge in [-0.05, 0) is 37.6 Å². The molecule has 21 heavy (non-hydrogen) atoms. The molecule has 3 heteroatoms. The highest BCUT2D eigenvalue weighted by Gasteiger charge is 2.12. The lowest BCUT2D eigenvalue weighted by Crippen LogP contribution is -1.94. The number of nitriles is 1. The van der Waals surface area contributed by atoms with E-state index in [0.29, 0.717) is 11.3 Å². The van der Waals surface area contributed by atoms with Gasteiger partial charge in [-0.2, -0.15) is 5.26 Å². The highest BCUT2D eigenvalue weighted by molar-refractivity contribution is 5.87. The molecule has 0 saturated carbocycles. The maximum absolute atomic E-state index is 9.30. The summed E-state index contributed by atoms with van der Waals surface area (Å²) in [4.78, 5) is 4.29. The van der Waals surface area contributed by atoms with Gasteiger partial charge in [0.2, 0.25) is 0 Å². The number of benzene rings is 2. The number of pyridine rings is 1. The molecule has 0 unspecified atom stereocenters. The largest absolute Gasteiger partial charge is 0.455 e. The van der Waals surface area contributed by atoms with Crippen molar-refractivity contribution < 1.29 is 4.74 Å². The number of hydrogen-bond acceptors (Lipinski definition) is 3. The molecule has 0 aliphatic carbocycles. The number of nitrogens with zero attached hydrogens (tertiary/aromatic N) is 2. The Balaban J connectivity index is 2.17. The third kappa shape index (κ3) is 2.44. The molecule has 0 N–H and O–H groups in total. The molecule has 0 fully saturated rings. The average Bonchev–Trinajstić information content (AvgIpc) is 2.50. The number of para-hydroxylation sites is 1. The van der Waals surface area contributed by atoms with E-state index < -0.39 is 0 Å². The van der Waals surface area contributed by atoms with Crippen molar-refractivity contribution in [3.05, 3.63) is 65.4 Å². The molecule has 1 heterocycles. The van der Waals surface area contributed by atoms with Gasteiger partial charge in [0.15, 0.2) is 5.75 Å². The Kier molecular flexibility index (Phi) is 3.29. The van der Waals surface area contributed by atoms with Crippen LogP contribution in [-0.2, 0) is 0 Å². The molecule has 1 aromatic heterocycles. The monoisotopic (exact) mass is 274 g/mol. The molecule has 0 aliphatic rings. The first kappa shape index (κ1) is 13.1. The van der Waals surface area contributed by atoms with E-state index in [4.69, 9.17) is 4.74 Å². The topological polar surface area (TPSA) is 45.9 Å². The van der Waals surface area contributed by atoms with Gasteiger partial charge >= 0.3 is 0 Å². The SMILES string of the molecule is Cc1ccc(Oc2c(C#N)cnc3ccccc23)c(C)c1. The van der Waals surface area contributed by atoms with Gasteiger partial charge in [-0.15, -0.1) is 0 Å². The first-order valence-corrected chi connectivity index (χ1v) is 6.72. The fourth-order valence-electron chi connectivity index (χ4n) is 2.33. The fourth-order valence-corrected chi connectivity index (χ4v) is 2.33. The molecule has 0 spiro atoms. The molecule has 0 aliphatic heterocycles. The van der Waals surface area contributed by atoms with Crippen molar-refractivity contribution >= 4 is 10.9 Å². The van der Waals surface area contributed by atoms with E-state index in [1.165, 1.54) is 5.56 Å². The molecule has 2 aromatic carbocycles. The minimum Gasteiger partial charge on any atom is -0.455 e. The number of aryl methyl sites for hydroxylation is 2. The van der Waals surface area contributed by atoms with Crippen LogP contribution in [0.15, 0.2) is 48.7 Å². The molecule has 3 aromatic rings. The van der Waals surface area contributed by atoms with E-state index in [1.807, 2.05) is 50.2 Å². The van der Waals surface area contributed by atoms with Gasteiger partial charge in [0, 0.05) is 11.6 Å². The van der Waals surface area contributed by atoms with Crippen LogP contribution < -0.4 is 4.74 Å². The maximum Gasteiger partial charge on any atom is 0.156 e. The lowest BCUT2D eigenvalue weighted by atomic mass is 10.1. The second-order valence-corrected chi connectivity index (χ2v) is 5.00. The van der Waals surface area contributed by atoms with Gasteiger partial charge in [0.25, 0.3) is 0 Å². The summed E-state index contributed by atoms with van der Waals surface area (Å²) in [5, 5.41) is 10.1. The normalized spacial score (nSPS) is 10.3. The molecular weight excluding hydrogens is 260 g/mol. The lowest BCUT2D eigenvalue weighted by Gasteiger charge is -2.12. The standard InChI is InChI=1S/C18H14N2O/c1-12-7-8-17(13(2)9-12)21-18-14(10-19)11-20-16-6-4-3-5-15(16)18/h3-9,11H,1-2H3. The Morgan fingerprint density at radius 2 is 1.90 bits per heavy atom. The van der Waals surface area contributed by atoms with Gasteiger partial charge in [0.05, 0.1) is 5.52 Å². The zero-order valence-corrected chi connectivity index (χ0v) is 11.9. The average molecular weight is 274 g/mol. The molecule has 3 rings (SSSR count). The Morgan fingerprint density at radius 3 is 2.67 bits per heavy atom. The molecule has 102 valence electrons. The van der Waals surface area contributed by atoms with Crippen molar-refractivity contribution in [2.24, 2.45) is 0 Å². The van der Waals surface area contributed by atoms with Crippen LogP contribution >= 0.6 is 0 Å². The second-order valence-electron chi connectivity index (χ2n) is 5.00. The Morgan fingerprint density at radius 1 is 1.10 bits per heavy atom. The second kappa shape index (κ2) is 5.26. The predicted molar refractivity (Wildman–Crippen MR) is 82.4 cm³/mol. The van der Waals surface area contributed by atoms with Gasteiger partial charge in [0.1, 0.15) is 17.4 Å². The highest BCUT2D eigenvalue weighted by Crippen LogP contribution is 2.33. The molecular formula is C18H14N2O. The van der Waals surface area contributed by atoms with Crippen molar-refractivity contribution in [1.82, 2.24) is 4.98 Å². The van der Waals surface area contributed by atoms with Crippen LogP contribution in [0.3, 0.4) is 0 Å². The van der Waals surface area contributed by atoms with E-state index in [1.54, 1.807) is 6.20 Å². The number of ether oxygens (including phenoxy) is 1. The number of aromatic nitrogens is 1. The first-order chi connectivity index (χ1) is 10.2. The van der Waals surface area contributed by atoms with E-state index >= 15 is 0 Å². The number of fused-ring (bicyclic) bond motifs is 1. The van der Waals surface area contributed by atoms with Crippen molar-refractivity contribution in [1.29, 1.82) is 5.26 Å². The molecule has 0 bridgehead atoms.